The Labute approximate surface area is 233 Å². The monoisotopic (exact) mass is 562 g/mol. The molecule has 0 radical (unpaired) electrons. The second-order valence-corrected chi connectivity index (χ2v) is 10.9. The van der Waals surface area contributed by atoms with E-state index in [9.17, 15) is 26.7 Å². The van der Waals surface area contributed by atoms with Gasteiger partial charge in [0.25, 0.3) is 0 Å². The van der Waals surface area contributed by atoms with Gasteiger partial charge in [0, 0.05) is 6.42 Å². The number of rotatable bonds is 25. The van der Waals surface area contributed by atoms with Gasteiger partial charge in [-0.1, -0.05) is 148 Å². The molecule has 1 aromatic rings. The van der Waals surface area contributed by atoms with Crippen LogP contribution < -0.4 is 4.74 Å². The molecule has 2 nitrogen and oxygen atoms in total. The third kappa shape index (κ3) is 16.3. The van der Waals surface area contributed by atoms with E-state index in [4.69, 9.17) is 0 Å². The molecule has 0 saturated heterocycles. The molecular formula is C32H51F5O2. The summed E-state index contributed by atoms with van der Waals surface area (Å²) < 4.78 is 70.9. The number of carbonyl (C=O) groups is 1. The topological polar surface area (TPSA) is 26.3 Å². The van der Waals surface area contributed by atoms with Crippen molar-refractivity contribution in [2.75, 3.05) is 0 Å². The highest BCUT2D eigenvalue weighted by Gasteiger charge is 2.28. The minimum absolute atomic E-state index is 0.140. The van der Waals surface area contributed by atoms with Crippen LogP contribution in [0.25, 0.3) is 0 Å². The Kier molecular flexibility index (Phi) is 20.9. The maximum absolute atomic E-state index is 13.6. The summed E-state index contributed by atoms with van der Waals surface area (Å²) in [4.78, 5) is 11.7. The van der Waals surface area contributed by atoms with Crippen LogP contribution in [0.4, 0.5) is 22.0 Å². The second kappa shape index (κ2) is 23.1. The van der Waals surface area contributed by atoms with Crippen LogP contribution >= 0.6 is 0 Å². The van der Waals surface area contributed by atoms with Gasteiger partial charge in [-0.15, -0.1) is 0 Å². The quantitative estimate of drug-likeness (QED) is 0.0296. The smallest absolute Gasteiger partial charge is 0.311 e. The van der Waals surface area contributed by atoms with Crippen molar-refractivity contribution in [3.8, 4) is 5.75 Å². The molecule has 0 spiro atoms. The van der Waals surface area contributed by atoms with Crippen molar-refractivity contribution < 1.29 is 31.5 Å². The van der Waals surface area contributed by atoms with Gasteiger partial charge < -0.3 is 4.74 Å². The Hall–Kier alpha value is -1.66. The normalized spacial score (nSPS) is 11.3. The first-order valence-corrected chi connectivity index (χ1v) is 15.6. The number of benzene rings is 1. The van der Waals surface area contributed by atoms with Gasteiger partial charge in [0.15, 0.2) is 0 Å². The summed E-state index contributed by atoms with van der Waals surface area (Å²) in [7, 11) is 0. The highest BCUT2D eigenvalue weighted by atomic mass is 19.2. The first kappa shape index (κ1) is 35.4. The van der Waals surface area contributed by atoms with E-state index < -0.39 is 40.8 Å². The van der Waals surface area contributed by atoms with Crippen LogP contribution in [0.3, 0.4) is 0 Å². The number of hydrogen-bond acceptors (Lipinski definition) is 2. The summed E-state index contributed by atoms with van der Waals surface area (Å²) in [6.07, 6.45) is 28.6. The molecule has 0 atom stereocenters. The van der Waals surface area contributed by atoms with Gasteiger partial charge in [0.05, 0.1) is 0 Å². The predicted molar refractivity (Wildman–Crippen MR) is 148 cm³/mol. The first-order chi connectivity index (χ1) is 18.9. The van der Waals surface area contributed by atoms with Crippen molar-refractivity contribution in [3.05, 3.63) is 29.1 Å². The van der Waals surface area contributed by atoms with Crippen LogP contribution in [0.15, 0.2) is 0 Å². The largest absolute Gasteiger partial charge is 0.420 e. The van der Waals surface area contributed by atoms with Crippen molar-refractivity contribution >= 4 is 5.97 Å². The Morgan fingerprint density at radius 2 is 0.692 bits per heavy atom. The van der Waals surface area contributed by atoms with Gasteiger partial charge in [-0.05, 0) is 6.42 Å². The van der Waals surface area contributed by atoms with Crippen molar-refractivity contribution in [2.24, 2.45) is 0 Å². The summed E-state index contributed by atoms with van der Waals surface area (Å²) in [5, 5.41) is 0. The van der Waals surface area contributed by atoms with Crippen molar-refractivity contribution in [1.29, 1.82) is 0 Å². The van der Waals surface area contributed by atoms with E-state index in [0.29, 0.717) is 6.42 Å². The second-order valence-electron chi connectivity index (χ2n) is 10.9. The lowest BCUT2D eigenvalue weighted by molar-refractivity contribution is -0.135. The Morgan fingerprint density at radius 1 is 0.436 bits per heavy atom. The number of unbranched alkanes of at least 4 members (excludes halogenated alkanes) is 22. The molecule has 0 aliphatic carbocycles. The van der Waals surface area contributed by atoms with Crippen LogP contribution in [0.5, 0.6) is 5.75 Å². The molecule has 1 aromatic carbocycles. The molecule has 0 heterocycles. The van der Waals surface area contributed by atoms with Crippen LogP contribution in [0.2, 0.25) is 0 Å². The lowest BCUT2D eigenvalue weighted by atomic mass is 10.0. The molecule has 0 aliphatic rings. The Bertz CT molecular complexity index is 755. The standard InChI is InChI=1S/C32H51F5O2/c1-2-3-4-5-6-7-8-9-10-11-12-13-14-15-16-17-18-19-20-21-22-23-24-25-26(38)39-32-30(36)28(34)27(33)29(35)31(32)37/h2-25H2,1H3. The van der Waals surface area contributed by atoms with Gasteiger partial charge in [0.1, 0.15) is 0 Å². The molecule has 226 valence electrons. The lowest BCUT2D eigenvalue weighted by Gasteiger charge is -2.08. The van der Waals surface area contributed by atoms with E-state index in [-0.39, 0.29) is 6.42 Å². The zero-order valence-corrected chi connectivity index (χ0v) is 24.2. The fourth-order valence-electron chi connectivity index (χ4n) is 4.89. The minimum atomic E-state index is -2.28. The van der Waals surface area contributed by atoms with Crippen molar-refractivity contribution in [2.45, 2.75) is 161 Å². The van der Waals surface area contributed by atoms with Crippen molar-refractivity contribution in [1.82, 2.24) is 0 Å². The Morgan fingerprint density at radius 3 is 1.00 bits per heavy atom. The number of hydrogen-bond donors (Lipinski definition) is 0. The van der Waals surface area contributed by atoms with E-state index in [2.05, 4.69) is 11.7 Å². The first-order valence-electron chi connectivity index (χ1n) is 15.6. The van der Waals surface area contributed by atoms with E-state index in [1.165, 1.54) is 116 Å². The van der Waals surface area contributed by atoms with Crippen LogP contribution in [-0.4, -0.2) is 5.97 Å². The highest BCUT2D eigenvalue weighted by Crippen LogP contribution is 2.29. The predicted octanol–water partition coefficient (Wildman–Crippen LogP) is 11.7. The number of halogens is 5. The van der Waals surface area contributed by atoms with E-state index in [1.54, 1.807) is 0 Å². The molecule has 0 fully saturated rings. The molecular weight excluding hydrogens is 511 g/mol. The molecule has 0 amide bonds. The van der Waals surface area contributed by atoms with Crippen LogP contribution in [-0.2, 0) is 4.79 Å². The third-order valence-corrected chi connectivity index (χ3v) is 7.37. The summed E-state index contributed by atoms with van der Waals surface area (Å²) in [5.41, 5.74) is 0. The number of carbonyl (C=O) groups excluding carboxylic acids is 1. The van der Waals surface area contributed by atoms with E-state index >= 15 is 0 Å². The fourth-order valence-corrected chi connectivity index (χ4v) is 4.89. The molecule has 1 rings (SSSR count). The van der Waals surface area contributed by atoms with Gasteiger partial charge >= 0.3 is 5.97 Å². The zero-order valence-electron chi connectivity index (χ0n) is 24.2. The molecule has 0 saturated carbocycles. The molecule has 0 N–H and O–H groups in total. The average Bonchev–Trinajstić information content (AvgIpc) is 2.93. The average molecular weight is 563 g/mol. The Balaban J connectivity index is 1.86. The number of esters is 1. The van der Waals surface area contributed by atoms with E-state index in [0.717, 1.165) is 25.7 Å². The van der Waals surface area contributed by atoms with E-state index in [1.807, 2.05) is 0 Å². The maximum atomic E-state index is 13.6. The summed E-state index contributed by atoms with van der Waals surface area (Å²) >= 11 is 0. The lowest BCUT2D eigenvalue weighted by Crippen LogP contribution is -2.13. The minimum Gasteiger partial charge on any atom is -0.420 e. The molecule has 0 bridgehead atoms. The van der Waals surface area contributed by atoms with Crippen LogP contribution in [0, 0.1) is 29.1 Å². The van der Waals surface area contributed by atoms with Gasteiger partial charge in [0.2, 0.25) is 34.8 Å². The van der Waals surface area contributed by atoms with Gasteiger partial charge in [-0.2, -0.15) is 8.78 Å². The van der Waals surface area contributed by atoms with Gasteiger partial charge in [-0.3, -0.25) is 4.79 Å². The zero-order chi connectivity index (χ0) is 28.7. The maximum Gasteiger partial charge on any atom is 0.311 e. The SMILES string of the molecule is CCCCCCCCCCCCCCCCCCCCCCCCCC(=O)Oc1c(F)c(F)c(F)c(F)c1F. The summed E-state index contributed by atoms with van der Waals surface area (Å²) in [6.45, 7) is 2.27. The summed E-state index contributed by atoms with van der Waals surface area (Å²) in [5.74, 6) is -13.4. The molecule has 7 heteroatoms. The summed E-state index contributed by atoms with van der Waals surface area (Å²) in [6, 6.07) is 0. The molecule has 0 aromatic heterocycles. The van der Waals surface area contributed by atoms with Crippen molar-refractivity contribution in [3.63, 3.8) is 0 Å². The molecule has 0 unspecified atom stereocenters. The molecule has 39 heavy (non-hydrogen) atoms. The highest BCUT2D eigenvalue weighted by molar-refractivity contribution is 5.72. The number of ether oxygens (including phenoxy) is 1. The fraction of sp³-hybridized carbons (Fsp3) is 0.781. The third-order valence-electron chi connectivity index (χ3n) is 7.37. The van der Waals surface area contributed by atoms with Gasteiger partial charge in [-0.25, -0.2) is 13.2 Å². The molecule has 0 aliphatic heterocycles. The van der Waals surface area contributed by atoms with Crippen LogP contribution in [0.1, 0.15) is 161 Å².